The number of aromatic hydroxyl groups is 1. The summed E-state index contributed by atoms with van der Waals surface area (Å²) in [6, 6.07) is 14.0. The van der Waals surface area contributed by atoms with Crippen LogP contribution in [0.15, 0.2) is 53.4 Å². The van der Waals surface area contributed by atoms with E-state index in [4.69, 9.17) is 0 Å². The molecule has 21 heavy (non-hydrogen) atoms. The zero-order chi connectivity index (χ0) is 14.9. The molecular weight excluding hydrogens is 286 g/mol. The number of fused-ring (bicyclic) bond motifs is 1. The molecule has 0 saturated heterocycles. The molecule has 0 aliphatic heterocycles. The summed E-state index contributed by atoms with van der Waals surface area (Å²) in [6.07, 6.45) is 2.32. The van der Waals surface area contributed by atoms with Gasteiger partial charge >= 0.3 is 0 Å². The number of nitrogens with one attached hydrogen (secondary N) is 1. The van der Waals surface area contributed by atoms with E-state index in [1.807, 2.05) is 18.2 Å². The Morgan fingerprint density at radius 1 is 1.00 bits per heavy atom. The van der Waals surface area contributed by atoms with Gasteiger partial charge in [-0.05, 0) is 42.5 Å². The quantitative estimate of drug-likeness (QED) is 0.914. The van der Waals surface area contributed by atoms with E-state index in [2.05, 4.69) is 10.8 Å². The standard InChI is InChI=1S/C16H17NO3S/c18-15-7-3-4-8-16(15)21(19,20)17-14-10-9-12-5-1-2-6-13(12)11-14/h1-8,14,17-18H,9-11H2. The van der Waals surface area contributed by atoms with Gasteiger partial charge in [0.2, 0.25) is 10.0 Å². The molecule has 4 nitrogen and oxygen atoms in total. The zero-order valence-corrected chi connectivity index (χ0v) is 12.3. The minimum atomic E-state index is -3.69. The van der Waals surface area contributed by atoms with Crippen LogP contribution < -0.4 is 4.72 Å². The number of aryl methyl sites for hydroxylation is 1. The third-order valence-corrected chi connectivity index (χ3v) is 5.39. The molecule has 0 radical (unpaired) electrons. The second kappa shape index (κ2) is 5.50. The number of hydrogen-bond donors (Lipinski definition) is 2. The smallest absolute Gasteiger partial charge is 0.244 e. The van der Waals surface area contributed by atoms with E-state index in [1.54, 1.807) is 12.1 Å². The fourth-order valence-electron chi connectivity index (χ4n) is 2.77. The average molecular weight is 303 g/mol. The Hall–Kier alpha value is -1.85. The summed E-state index contributed by atoms with van der Waals surface area (Å²) in [6.45, 7) is 0. The lowest BCUT2D eigenvalue weighted by Gasteiger charge is -2.25. The van der Waals surface area contributed by atoms with Gasteiger partial charge in [-0.15, -0.1) is 0 Å². The Morgan fingerprint density at radius 2 is 1.67 bits per heavy atom. The van der Waals surface area contributed by atoms with Crippen LogP contribution in [0.25, 0.3) is 0 Å². The molecule has 0 bridgehead atoms. The third kappa shape index (κ3) is 2.94. The highest BCUT2D eigenvalue weighted by atomic mass is 32.2. The fraction of sp³-hybridized carbons (Fsp3) is 0.250. The number of rotatable bonds is 3. The average Bonchev–Trinajstić information content (AvgIpc) is 2.47. The molecule has 0 fully saturated rings. The molecule has 110 valence electrons. The van der Waals surface area contributed by atoms with Crippen molar-refractivity contribution >= 4 is 10.0 Å². The van der Waals surface area contributed by atoms with Gasteiger partial charge in [0.15, 0.2) is 0 Å². The zero-order valence-electron chi connectivity index (χ0n) is 11.5. The van der Waals surface area contributed by atoms with E-state index in [0.717, 1.165) is 12.8 Å². The molecule has 1 aliphatic rings. The molecule has 2 aromatic rings. The number of phenolic OH excluding ortho intramolecular Hbond substituents is 1. The van der Waals surface area contributed by atoms with Gasteiger partial charge in [0.05, 0.1) is 0 Å². The maximum Gasteiger partial charge on any atom is 0.244 e. The topological polar surface area (TPSA) is 66.4 Å². The molecule has 2 N–H and O–H groups in total. The summed E-state index contributed by atoms with van der Waals surface area (Å²) in [5, 5.41) is 9.71. The number of phenols is 1. The highest BCUT2D eigenvalue weighted by molar-refractivity contribution is 7.89. The molecule has 0 saturated carbocycles. The van der Waals surface area contributed by atoms with Gasteiger partial charge in [0.1, 0.15) is 10.6 Å². The molecule has 3 rings (SSSR count). The van der Waals surface area contributed by atoms with Crippen molar-refractivity contribution in [3.05, 3.63) is 59.7 Å². The van der Waals surface area contributed by atoms with Crippen LogP contribution in [-0.2, 0) is 22.9 Å². The van der Waals surface area contributed by atoms with Gasteiger partial charge in [-0.2, -0.15) is 0 Å². The summed E-state index contributed by atoms with van der Waals surface area (Å²) in [5.74, 6) is -0.221. The van der Waals surface area contributed by atoms with Gasteiger partial charge in [-0.3, -0.25) is 0 Å². The Morgan fingerprint density at radius 3 is 2.43 bits per heavy atom. The normalized spacial score (nSPS) is 18.2. The lowest BCUT2D eigenvalue weighted by Crippen LogP contribution is -2.38. The van der Waals surface area contributed by atoms with Crippen LogP contribution in [0.4, 0.5) is 0 Å². The second-order valence-electron chi connectivity index (χ2n) is 5.30. The van der Waals surface area contributed by atoms with Crippen LogP contribution in [0.5, 0.6) is 5.75 Å². The first kappa shape index (κ1) is 14.1. The summed E-state index contributed by atoms with van der Waals surface area (Å²) < 4.78 is 27.4. The predicted octanol–water partition coefficient (Wildman–Crippen LogP) is 2.23. The van der Waals surface area contributed by atoms with Crippen LogP contribution in [0.2, 0.25) is 0 Å². The van der Waals surface area contributed by atoms with Crippen molar-refractivity contribution in [3.8, 4) is 5.75 Å². The maximum atomic E-state index is 12.4. The second-order valence-corrected chi connectivity index (χ2v) is 6.98. The Balaban J connectivity index is 1.80. The van der Waals surface area contributed by atoms with E-state index >= 15 is 0 Å². The van der Waals surface area contributed by atoms with E-state index in [9.17, 15) is 13.5 Å². The van der Waals surface area contributed by atoms with Crippen molar-refractivity contribution in [2.45, 2.75) is 30.2 Å². The number of hydrogen-bond acceptors (Lipinski definition) is 3. The summed E-state index contributed by atoms with van der Waals surface area (Å²) >= 11 is 0. The number of sulfonamides is 1. The van der Waals surface area contributed by atoms with E-state index in [0.29, 0.717) is 6.42 Å². The summed E-state index contributed by atoms with van der Waals surface area (Å²) in [5.41, 5.74) is 2.48. The van der Waals surface area contributed by atoms with Crippen molar-refractivity contribution in [1.82, 2.24) is 4.72 Å². The molecule has 5 heteroatoms. The van der Waals surface area contributed by atoms with Crippen LogP contribution in [0, 0.1) is 0 Å². The van der Waals surface area contributed by atoms with Crippen LogP contribution in [0.3, 0.4) is 0 Å². The van der Waals surface area contributed by atoms with Gasteiger partial charge < -0.3 is 5.11 Å². The molecule has 1 unspecified atom stereocenters. The SMILES string of the molecule is O=S(=O)(NC1CCc2ccccc2C1)c1ccccc1O. The highest BCUT2D eigenvalue weighted by Gasteiger charge is 2.25. The summed E-state index contributed by atoms with van der Waals surface area (Å²) in [7, 11) is -3.69. The van der Waals surface area contributed by atoms with Crippen LogP contribution >= 0.6 is 0 Å². The van der Waals surface area contributed by atoms with E-state index in [-0.39, 0.29) is 16.7 Å². The predicted molar refractivity (Wildman–Crippen MR) is 80.7 cm³/mol. The van der Waals surface area contributed by atoms with Gasteiger partial charge in [0.25, 0.3) is 0 Å². The van der Waals surface area contributed by atoms with Gasteiger partial charge in [-0.1, -0.05) is 36.4 Å². The first-order chi connectivity index (χ1) is 10.1. The monoisotopic (exact) mass is 303 g/mol. The lowest BCUT2D eigenvalue weighted by atomic mass is 9.89. The van der Waals surface area contributed by atoms with Gasteiger partial charge in [-0.25, -0.2) is 13.1 Å². The molecule has 1 atom stereocenters. The number of para-hydroxylation sites is 1. The Kier molecular flexibility index (Phi) is 3.69. The highest BCUT2D eigenvalue weighted by Crippen LogP contribution is 2.25. The van der Waals surface area contributed by atoms with Gasteiger partial charge in [0, 0.05) is 6.04 Å². The van der Waals surface area contributed by atoms with E-state index in [1.165, 1.54) is 23.3 Å². The molecule has 0 heterocycles. The molecule has 0 spiro atoms. The molecule has 0 aromatic heterocycles. The maximum absolute atomic E-state index is 12.4. The molecule has 2 aromatic carbocycles. The van der Waals surface area contributed by atoms with Crippen molar-refractivity contribution in [3.63, 3.8) is 0 Å². The van der Waals surface area contributed by atoms with E-state index < -0.39 is 10.0 Å². The Labute approximate surface area is 124 Å². The van der Waals surface area contributed by atoms with Crippen molar-refractivity contribution in [2.24, 2.45) is 0 Å². The van der Waals surface area contributed by atoms with Crippen LogP contribution in [-0.4, -0.2) is 19.6 Å². The lowest BCUT2D eigenvalue weighted by molar-refractivity contribution is 0.455. The molecule has 0 amide bonds. The fourth-order valence-corrected chi connectivity index (χ4v) is 4.13. The van der Waals surface area contributed by atoms with Crippen molar-refractivity contribution in [2.75, 3.05) is 0 Å². The first-order valence-corrected chi connectivity index (χ1v) is 8.42. The largest absolute Gasteiger partial charge is 0.507 e. The summed E-state index contributed by atoms with van der Waals surface area (Å²) in [4.78, 5) is -0.0659. The number of benzene rings is 2. The first-order valence-electron chi connectivity index (χ1n) is 6.93. The molecular formula is C16H17NO3S. The Bertz CT molecular complexity index is 756. The van der Waals surface area contributed by atoms with Crippen molar-refractivity contribution in [1.29, 1.82) is 0 Å². The minimum Gasteiger partial charge on any atom is -0.507 e. The third-order valence-electron chi connectivity index (χ3n) is 3.82. The minimum absolute atomic E-state index is 0.0659. The molecule has 1 aliphatic carbocycles. The van der Waals surface area contributed by atoms with Crippen LogP contribution in [0.1, 0.15) is 17.5 Å². The van der Waals surface area contributed by atoms with Crippen molar-refractivity contribution < 1.29 is 13.5 Å².